The van der Waals surface area contributed by atoms with Gasteiger partial charge in [0.05, 0.1) is 6.33 Å². The number of rotatable bonds is 3. The molecule has 10 nitrogen and oxygen atoms in total. The summed E-state index contributed by atoms with van der Waals surface area (Å²) in [6.07, 6.45) is 2.97. The normalized spacial score (nSPS) is 15.9. The molecule has 0 radical (unpaired) electrons. The van der Waals surface area contributed by atoms with Crippen molar-refractivity contribution in [3.05, 3.63) is 36.9 Å². The van der Waals surface area contributed by atoms with Gasteiger partial charge in [-0.25, -0.2) is 15.0 Å². The van der Waals surface area contributed by atoms with E-state index in [0.29, 0.717) is 49.2 Å². The van der Waals surface area contributed by atoms with Crippen LogP contribution in [0.3, 0.4) is 0 Å². The van der Waals surface area contributed by atoms with Gasteiger partial charge in [-0.1, -0.05) is 12.1 Å². The molecule has 0 spiro atoms. The third-order valence-corrected chi connectivity index (χ3v) is 5.31. The number of piperazine rings is 1. The number of imidazole rings is 1. The summed E-state index contributed by atoms with van der Waals surface area (Å²) in [5.74, 6) is 0.319. The van der Waals surface area contributed by atoms with E-state index in [4.69, 9.17) is 10.2 Å². The number of benzene rings is 1. The lowest BCUT2D eigenvalue weighted by Crippen LogP contribution is -2.50. The average Bonchev–Trinajstić information content (AvgIpc) is 3.38. The molecule has 1 amide bonds. The minimum atomic E-state index is -0.440. The number of oxazole rings is 1. The van der Waals surface area contributed by atoms with Crippen molar-refractivity contribution in [1.82, 2.24) is 29.4 Å². The topological polar surface area (TPSA) is 119 Å². The van der Waals surface area contributed by atoms with Gasteiger partial charge in [0, 0.05) is 26.2 Å². The van der Waals surface area contributed by atoms with Crippen molar-refractivity contribution < 1.29 is 9.21 Å². The standard InChI is InChI=1S/C19H20N8O2/c1-12(27-11-23-15-16(20)21-10-22-17(15)27)18(28)25-6-8-26(9-7-25)19-24-13-4-2-3-5-14(13)29-19/h2-5,10-12H,6-9H2,1H3,(H2,20,21,22). The molecule has 4 aromatic rings. The third kappa shape index (κ3) is 2.93. The van der Waals surface area contributed by atoms with Crippen molar-refractivity contribution in [2.45, 2.75) is 13.0 Å². The van der Waals surface area contributed by atoms with E-state index in [2.05, 4.69) is 24.8 Å². The van der Waals surface area contributed by atoms with Gasteiger partial charge in [-0.3, -0.25) is 4.79 Å². The zero-order valence-corrected chi connectivity index (χ0v) is 15.9. The van der Waals surface area contributed by atoms with Crippen LogP contribution in [0.25, 0.3) is 22.3 Å². The molecule has 1 atom stereocenters. The Kier molecular flexibility index (Phi) is 4.04. The Morgan fingerprint density at radius 3 is 2.72 bits per heavy atom. The van der Waals surface area contributed by atoms with Crippen LogP contribution in [0, 0.1) is 0 Å². The molecule has 1 fully saturated rings. The van der Waals surface area contributed by atoms with Crippen LogP contribution in [-0.4, -0.2) is 61.5 Å². The number of amides is 1. The minimum Gasteiger partial charge on any atom is -0.423 e. The van der Waals surface area contributed by atoms with Gasteiger partial charge in [-0.15, -0.1) is 0 Å². The molecular formula is C19H20N8O2. The fourth-order valence-corrected chi connectivity index (χ4v) is 3.65. The first kappa shape index (κ1) is 17.4. The first-order valence-corrected chi connectivity index (χ1v) is 9.44. The molecule has 1 aromatic carbocycles. The molecule has 0 aliphatic carbocycles. The first-order chi connectivity index (χ1) is 14.1. The van der Waals surface area contributed by atoms with Gasteiger partial charge in [0.25, 0.3) is 6.01 Å². The Hall–Kier alpha value is -3.69. The number of carbonyl (C=O) groups excluding carboxylic acids is 1. The van der Waals surface area contributed by atoms with E-state index >= 15 is 0 Å². The lowest BCUT2D eigenvalue weighted by Gasteiger charge is -2.35. The van der Waals surface area contributed by atoms with Gasteiger partial charge < -0.3 is 24.5 Å². The molecule has 1 aliphatic heterocycles. The molecule has 10 heteroatoms. The predicted octanol–water partition coefficient (Wildman–Crippen LogP) is 1.46. The molecule has 1 unspecified atom stereocenters. The van der Waals surface area contributed by atoms with Crippen molar-refractivity contribution in [3.63, 3.8) is 0 Å². The van der Waals surface area contributed by atoms with Gasteiger partial charge in [0.2, 0.25) is 5.91 Å². The summed E-state index contributed by atoms with van der Waals surface area (Å²) in [4.78, 5) is 33.9. The van der Waals surface area contributed by atoms with E-state index in [9.17, 15) is 4.79 Å². The van der Waals surface area contributed by atoms with Crippen LogP contribution in [0.15, 0.2) is 41.3 Å². The maximum absolute atomic E-state index is 13.1. The Bertz CT molecular complexity index is 1160. The van der Waals surface area contributed by atoms with Crippen molar-refractivity contribution in [3.8, 4) is 0 Å². The zero-order valence-electron chi connectivity index (χ0n) is 15.9. The summed E-state index contributed by atoms with van der Waals surface area (Å²) >= 11 is 0. The molecule has 0 saturated carbocycles. The van der Waals surface area contributed by atoms with Crippen molar-refractivity contribution in [2.75, 3.05) is 36.8 Å². The number of nitrogen functional groups attached to an aromatic ring is 1. The number of hydrogen-bond acceptors (Lipinski definition) is 8. The Morgan fingerprint density at radius 2 is 1.93 bits per heavy atom. The largest absolute Gasteiger partial charge is 0.423 e. The number of hydrogen-bond donors (Lipinski definition) is 1. The van der Waals surface area contributed by atoms with E-state index in [0.717, 1.165) is 11.1 Å². The number of nitrogens with zero attached hydrogens (tertiary/aromatic N) is 7. The van der Waals surface area contributed by atoms with Crippen molar-refractivity contribution >= 4 is 40.0 Å². The van der Waals surface area contributed by atoms with Crippen LogP contribution in [0.2, 0.25) is 0 Å². The predicted molar refractivity (Wildman–Crippen MR) is 107 cm³/mol. The molecule has 2 N–H and O–H groups in total. The lowest BCUT2D eigenvalue weighted by atomic mass is 10.2. The summed E-state index contributed by atoms with van der Waals surface area (Å²) in [5.41, 5.74) is 8.51. The molecule has 4 heterocycles. The maximum atomic E-state index is 13.1. The summed E-state index contributed by atoms with van der Waals surface area (Å²) in [6.45, 7) is 4.34. The number of nitrogens with two attached hydrogens (primary N) is 1. The molecule has 1 saturated heterocycles. The number of para-hydroxylation sites is 2. The number of anilines is 2. The summed E-state index contributed by atoms with van der Waals surface area (Å²) in [7, 11) is 0. The van der Waals surface area contributed by atoms with E-state index in [1.807, 2.05) is 36.1 Å². The molecule has 148 valence electrons. The number of fused-ring (bicyclic) bond motifs is 2. The fraction of sp³-hybridized carbons (Fsp3) is 0.316. The highest BCUT2D eigenvalue weighted by Gasteiger charge is 2.28. The van der Waals surface area contributed by atoms with Crippen LogP contribution in [0.4, 0.5) is 11.8 Å². The van der Waals surface area contributed by atoms with E-state index < -0.39 is 6.04 Å². The summed E-state index contributed by atoms with van der Waals surface area (Å²) < 4.78 is 7.58. The monoisotopic (exact) mass is 392 g/mol. The number of aromatic nitrogens is 5. The van der Waals surface area contributed by atoms with Crippen LogP contribution in [0.5, 0.6) is 0 Å². The fourth-order valence-electron chi connectivity index (χ4n) is 3.65. The van der Waals surface area contributed by atoms with Gasteiger partial charge in [0.15, 0.2) is 17.0 Å². The second-order valence-electron chi connectivity index (χ2n) is 7.04. The quantitative estimate of drug-likeness (QED) is 0.556. The third-order valence-electron chi connectivity index (χ3n) is 5.31. The molecule has 29 heavy (non-hydrogen) atoms. The minimum absolute atomic E-state index is 0.0127. The molecular weight excluding hydrogens is 372 g/mol. The van der Waals surface area contributed by atoms with Crippen molar-refractivity contribution in [1.29, 1.82) is 0 Å². The average molecular weight is 392 g/mol. The Morgan fingerprint density at radius 1 is 1.14 bits per heavy atom. The molecule has 0 bridgehead atoms. The van der Waals surface area contributed by atoms with Gasteiger partial charge in [-0.2, -0.15) is 4.98 Å². The zero-order chi connectivity index (χ0) is 20.0. The maximum Gasteiger partial charge on any atom is 0.298 e. The molecule has 5 rings (SSSR count). The van der Waals surface area contributed by atoms with E-state index in [1.165, 1.54) is 6.33 Å². The van der Waals surface area contributed by atoms with E-state index in [-0.39, 0.29) is 5.91 Å². The van der Waals surface area contributed by atoms with Crippen LogP contribution in [0.1, 0.15) is 13.0 Å². The van der Waals surface area contributed by atoms with E-state index in [1.54, 1.807) is 10.9 Å². The van der Waals surface area contributed by atoms with Crippen molar-refractivity contribution in [2.24, 2.45) is 0 Å². The Labute approximate surface area is 166 Å². The van der Waals surface area contributed by atoms with Crippen LogP contribution in [-0.2, 0) is 4.79 Å². The molecule has 1 aliphatic rings. The smallest absolute Gasteiger partial charge is 0.298 e. The Balaban J connectivity index is 1.29. The van der Waals surface area contributed by atoms with Gasteiger partial charge >= 0.3 is 0 Å². The van der Waals surface area contributed by atoms with Gasteiger partial charge in [0.1, 0.15) is 23.4 Å². The van der Waals surface area contributed by atoms with Crippen LogP contribution >= 0.6 is 0 Å². The van der Waals surface area contributed by atoms with Crippen LogP contribution < -0.4 is 10.6 Å². The second kappa shape index (κ2) is 6.73. The summed E-state index contributed by atoms with van der Waals surface area (Å²) in [6, 6.07) is 7.84. The lowest BCUT2D eigenvalue weighted by molar-refractivity contribution is -0.134. The number of carbonyl (C=O) groups is 1. The SMILES string of the molecule is CC(C(=O)N1CCN(c2nc3ccccc3o2)CC1)n1cnc2c(N)ncnc21. The highest BCUT2D eigenvalue weighted by atomic mass is 16.4. The highest BCUT2D eigenvalue weighted by molar-refractivity contribution is 5.85. The highest BCUT2D eigenvalue weighted by Crippen LogP contribution is 2.24. The summed E-state index contributed by atoms with van der Waals surface area (Å²) in [5, 5.41) is 0. The van der Waals surface area contributed by atoms with Gasteiger partial charge in [-0.05, 0) is 19.1 Å². The molecule has 3 aromatic heterocycles. The second-order valence-corrected chi connectivity index (χ2v) is 7.04. The first-order valence-electron chi connectivity index (χ1n) is 9.44.